The Morgan fingerprint density at radius 1 is 1.22 bits per heavy atom. The van der Waals surface area contributed by atoms with Gasteiger partial charge in [0.1, 0.15) is 23.3 Å². The number of hydrogen-bond acceptors (Lipinski definition) is 4. The van der Waals surface area contributed by atoms with Crippen molar-refractivity contribution in [1.29, 1.82) is 0 Å². The lowest BCUT2D eigenvalue weighted by molar-refractivity contribution is 0.412. The molecule has 3 N–H and O–H groups in total. The molecule has 4 heteroatoms. The van der Waals surface area contributed by atoms with E-state index in [1.54, 1.807) is 7.11 Å². The fourth-order valence-corrected chi connectivity index (χ4v) is 2.03. The molecular weight excluding hydrogens is 228 g/mol. The molecule has 0 bridgehead atoms. The molecule has 0 aliphatic carbocycles. The van der Waals surface area contributed by atoms with E-state index in [0.29, 0.717) is 0 Å². The quantitative estimate of drug-likeness (QED) is 0.642. The molecule has 0 aliphatic rings. The number of furan rings is 1. The van der Waals surface area contributed by atoms with E-state index in [1.165, 1.54) is 0 Å². The van der Waals surface area contributed by atoms with Crippen molar-refractivity contribution in [1.82, 2.24) is 5.43 Å². The minimum Gasteiger partial charge on any atom is -0.497 e. The lowest BCUT2D eigenvalue weighted by atomic mass is 9.99. The van der Waals surface area contributed by atoms with Crippen molar-refractivity contribution in [2.45, 2.75) is 19.9 Å². The lowest BCUT2D eigenvalue weighted by Crippen LogP contribution is -2.29. The van der Waals surface area contributed by atoms with Gasteiger partial charge in [0.15, 0.2) is 0 Å². The third-order valence-corrected chi connectivity index (χ3v) is 3.00. The number of methoxy groups -OCH3 is 1. The molecule has 1 unspecified atom stereocenters. The Hall–Kier alpha value is -1.78. The molecule has 2 rings (SSSR count). The van der Waals surface area contributed by atoms with Crippen molar-refractivity contribution in [3.8, 4) is 5.75 Å². The van der Waals surface area contributed by atoms with E-state index < -0.39 is 0 Å². The second-order valence-electron chi connectivity index (χ2n) is 4.27. The normalized spacial score (nSPS) is 12.4. The van der Waals surface area contributed by atoms with E-state index >= 15 is 0 Å². The Morgan fingerprint density at radius 2 is 2.00 bits per heavy atom. The molecule has 2 aromatic rings. The van der Waals surface area contributed by atoms with Gasteiger partial charge in [0, 0.05) is 0 Å². The Morgan fingerprint density at radius 3 is 2.50 bits per heavy atom. The van der Waals surface area contributed by atoms with Gasteiger partial charge in [-0.3, -0.25) is 5.84 Å². The number of rotatable bonds is 4. The topological polar surface area (TPSA) is 60.4 Å². The van der Waals surface area contributed by atoms with Gasteiger partial charge in [-0.15, -0.1) is 0 Å². The summed E-state index contributed by atoms with van der Waals surface area (Å²) in [5, 5.41) is 0. The van der Waals surface area contributed by atoms with E-state index in [0.717, 1.165) is 28.4 Å². The zero-order valence-electron chi connectivity index (χ0n) is 10.9. The zero-order valence-corrected chi connectivity index (χ0v) is 10.9. The molecule has 4 nitrogen and oxygen atoms in total. The Kier molecular flexibility index (Phi) is 3.69. The van der Waals surface area contributed by atoms with Crippen molar-refractivity contribution in [2.24, 2.45) is 5.84 Å². The molecule has 1 aromatic heterocycles. The SMILES string of the molecule is COc1ccc(C(NN)c2ccc(C)o2)c(C)c1. The van der Waals surface area contributed by atoms with Crippen LogP contribution in [0.25, 0.3) is 0 Å². The number of hydrazine groups is 1. The first kappa shape index (κ1) is 12.7. The van der Waals surface area contributed by atoms with Crippen LogP contribution in [-0.4, -0.2) is 7.11 Å². The van der Waals surface area contributed by atoms with Crippen molar-refractivity contribution in [3.05, 3.63) is 53.0 Å². The Labute approximate surface area is 107 Å². The second kappa shape index (κ2) is 5.25. The third kappa shape index (κ3) is 2.39. The second-order valence-corrected chi connectivity index (χ2v) is 4.27. The summed E-state index contributed by atoms with van der Waals surface area (Å²) in [6, 6.07) is 9.61. The van der Waals surface area contributed by atoms with Crippen LogP contribution in [0.4, 0.5) is 0 Å². The smallest absolute Gasteiger partial charge is 0.126 e. The minimum absolute atomic E-state index is 0.149. The summed E-state index contributed by atoms with van der Waals surface area (Å²) in [4.78, 5) is 0. The van der Waals surface area contributed by atoms with E-state index in [-0.39, 0.29) is 6.04 Å². The molecule has 0 aliphatic heterocycles. The van der Waals surface area contributed by atoms with Crippen LogP contribution >= 0.6 is 0 Å². The summed E-state index contributed by atoms with van der Waals surface area (Å²) < 4.78 is 10.8. The fraction of sp³-hybridized carbons (Fsp3) is 0.286. The summed E-state index contributed by atoms with van der Waals surface area (Å²) in [7, 11) is 1.66. The first-order valence-electron chi connectivity index (χ1n) is 5.82. The van der Waals surface area contributed by atoms with Gasteiger partial charge in [-0.25, -0.2) is 5.43 Å². The number of nitrogens with two attached hydrogens (primary N) is 1. The van der Waals surface area contributed by atoms with Crippen LogP contribution < -0.4 is 16.0 Å². The number of hydrogen-bond donors (Lipinski definition) is 2. The maximum absolute atomic E-state index is 5.64. The Balaban J connectivity index is 2.39. The van der Waals surface area contributed by atoms with Crippen LogP contribution in [-0.2, 0) is 0 Å². The molecule has 0 saturated carbocycles. The van der Waals surface area contributed by atoms with Gasteiger partial charge < -0.3 is 9.15 Å². The summed E-state index contributed by atoms with van der Waals surface area (Å²) >= 11 is 0. The maximum atomic E-state index is 5.64. The van der Waals surface area contributed by atoms with Gasteiger partial charge in [0.25, 0.3) is 0 Å². The van der Waals surface area contributed by atoms with Gasteiger partial charge in [0.2, 0.25) is 0 Å². The largest absolute Gasteiger partial charge is 0.497 e. The molecule has 0 radical (unpaired) electrons. The van der Waals surface area contributed by atoms with Gasteiger partial charge in [-0.2, -0.15) is 0 Å². The van der Waals surface area contributed by atoms with Crippen LogP contribution in [0.3, 0.4) is 0 Å². The van der Waals surface area contributed by atoms with Gasteiger partial charge >= 0.3 is 0 Å². The van der Waals surface area contributed by atoms with E-state index in [9.17, 15) is 0 Å². The van der Waals surface area contributed by atoms with Crippen LogP contribution in [0.2, 0.25) is 0 Å². The number of aryl methyl sites for hydroxylation is 2. The summed E-state index contributed by atoms with van der Waals surface area (Å²) in [5.41, 5.74) is 4.97. The minimum atomic E-state index is -0.149. The van der Waals surface area contributed by atoms with Crippen LogP contribution in [0.1, 0.15) is 28.7 Å². The average Bonchev–Trinajstić information content (AvgIpc) is 2.78. The van der Waals surface area contributed by atoms with Crippen molar-refractivity contribution >= 4 is 0 Å². The highest BCUT2D eigenvalue weighted by Crippen LogP contribution is 2.28. The highest BCUT2D eigenvalue weighted by Gasteiger charge is 2.18. The average molecular weight is 246 g/mol. The lowest BCUT2D eigenvalue weighted by Gasteiger charge is -2.17. The zero-order chi connectivity index (χ0) is 13.1. The number of nitrogens with one attached hydrogen (secondary N) is 1. The molecule has 96 valence electrons. The molecule has 0 saturated heterocycles. The molecule has 0 spiro atoms. The van der Waals surface area contributed by atoms with E-state index in [4.69, 9.17) is 15.0 Å². The van der Waals surface area contributed by atoms with Crippen LogP contribution in [0.15, 0.2) is 34.7 Å². The number of ether oxygens (including phenoxy) is 1. The van der Waals surface area contributed by atoms with Crippen molar-refractivity contribution < 1.29 is 9.15 Å². The highest BCUT2D eigenvalue weighted by atomic mass is 16.5. The molecule has 18 heavy (non-hydrogen) atoms. The van der Waals surface area contributed by atoms with Crippen LogP contribution in [0.5, 0.6) is 5.75 Å². The monoisotopic (exact) mass is 246 g/mol. The predicted octanol–water partition coefficient (Wildman–Crippen LogP) is 2.46. The molecule has 1 aromatic carbocycles. The van der Waals surface area contributed by atoms with Crippen molar-refractivity contribution in [3.63, 3.8) is 0 Å². The molecular formula is C14H18N2O2. The Bertz CT molecular complexity index is 534. The number of benzene rings is 1. The summed E-state index contributed by atoms with van der Waals surface area (Å²) in [5.74, 6) is 8.16. The van der Waals surface area contributed by atoms with Gasteiger partial charge in [-0.1, -0.05) is 6.07 Å². The molecule has 0 amide bonds. The molecule has 1 atom stereocenters. The van der Waals surface area contributed by atoms with E-state index in [1.807, 2.05) is 44.2 Å². The van der Waals surface area contributed by atoms with Gasteiger partial charge in [-0.05, 0) is 49.2 Å². The first-order chi connectivity index (χ1) is 8.65. The molecule has 1 heterocycles. The van der Waals surface area contributed by atoms with Gasteiger partial charge in [0.05, 0.1) is 7.11 Å². The van der Waals surface area contributed by atoms with Crippen molar-refractivity contribution in [2.75, 3.05) is 7.11 Å². The fourth-order valence-electron chi connectivity index (χ4n) is 2.03. The first-order valence-corrected chi connectivity index (χ1v) is 5.82. The molecule has 0 fully saturated rings. The predicted molar refractivity (Wildman–Crippen MR) is 70.3 cm³/mol. The van der Waals surface area contributed by atoms with E-state index in [2.05, 4.69) is 5.43 Å². The highest BCUT2D eigenvalue weighted by molar-refractivity contribution is 5.39. The standard InChI is InChI=1S/C14H18N2O2/c1-9-8-11(17-3)5-6-12(9)14(16-15)13-7-4-10(2)18-13/h4-8,14,16H,15H2,1-3H3. The maximum Gasteiger partial charge on any atom is 0.126 e. The summed E-state index contributed by atoms with van der Waals surface area (Å²) in [6.45, 7) is 3.94. The third-order valence-electron chi connectivity index (χ3n) is 3.00. The summed E-state index contributed by atoms with van der Waals surface area (Å²) in [6.07, 6.45) is 0. The van der Waals surface area contributed by atoms with Crippen LogP contribution in [0, 0.1) is 13.8 Å².